The van der Waals surface area contributed by atoms with Gasteiger partial charge < -0.3 is 23.9 Å². The lowest BCUT2D eigenvalue weighted by molar-refractivity contribution is -0.849. The third kappa shape index (κ3) is 43.1. The Hall–Kier alpha value is -0.810. The second kappa shape index (κ2) is 8.77. The quantitative estimate of drug-likeness (QED) is 0.361. The maximum absolute atomic E-state index is 9.57. The average molecular weight is 207 g/mol. The first kappa shape index (κ1) is 15.7. The molecule has 0 aromatic heterocycles. The summed E-state index contributed by atoms with van der Waals surface area (Å²) in [5, 5.41) is 9.57. The van der Waals surface area contributed by atoms with Crippen LogP contribution in [0.4, 0.5) is 4.79 Å². The summed E-state index contributed by atoms with van der Waals surface area (Å²) in [6, 6.07) is 0. The van der Waals surface area contributed by atoms with E-state index in [0.29, 0.717) is 13.2 Å². The highest BCUT2D eigenvalue weighted by atomic mass is 16.7. The van der Waals surface area contributed by atoms with Crippen LogP contribution in [0.2, 0.25) is 0 Å². The van der Waals surface area contributed by atoms with Gasteiger partial charge >= 0.3 is 0 Å². The Morgan fingerprint density at radius 1 is 1.21 bits per heavy atom. The number of carbonyl (C=O) groups excluding carboxylic acids is 1. The van der Waals surface area contributed by atoms with Crippen molar-refractivity contribution in [1.82, 2.24) is 0 Å². The molecule has 0 aromatic rings. The first-order chi connectivity index (χ1) is 6.27. The van der Waals surface area contributed by atoms with E-state index in [1.54, 1.807) is 0 Å². The molecule has 0 radical (unpaired) electrons. The minimum Gasteiger partial charge on any atom is -0.547 e. The van der Waals surface area contributed by atoms with Crippen molar-refractivity contribution in [2.75, 3.05) is 48.0 Å². The zero-order valence-electron chi connectivity index (χ0n) is 9.70. The largest absolute Gasteiger partial charge is 0.547 e. The molecule has 0 N–H and O–H groups in total. The molecule has 0 fully saturated rings. The van der Waals surface area contributed by atoms with Crippen molar-refractivity contribution in [3.63, 3.8) is 0 Å². The lowest BCUT2D eigenvalue weighted by Crippen LogP contribution is -2.27. The fraction of sp³-hybridized carbons (Fsp3) is 0.889. The number of hydrogen-bond donors (Lipinski definition) is 0. The fourth-order valence-electron chi connectivity index (χ4n) is 0.328. The molecule has 5 nitrogen and oxygen atoms in total. The van der Waals surface area contributed by atoms with E-state index in [2.05, 4.69) is 32.9 Å². The summed E-state index contributed by atoms with van der Waals surface area (Å²) in [5.74, 6) is 0. The summed E-state index contributed by atoms with van der Waals surface area (Å²) < 4.78 is 9.79. The van der Waals surface area contributed by atoms with E-state index in [1.807, 2.05) is 6.92 Å². The van der Waals surface area contributed by atoms with Crippen LogP contribution >= 0.6 is 0 Å². The molecule has 0 unspecified atom stereocenters. The van der Waals surface area contributed by atoms with Gasteiger partial charge in [0.2, 0.25) is 0 Å². The van der Waals surface area contributed by atoms with Gasteiger partial charge in [0.1, 0.15) is 0 Å². The van der Waals surface area contributed by atoms with Crippen LogP contribution in [0.15, 0.2) is 0 Å². The third-order valence-electron chi connectivity index (χ3n) is 0.652. The zero-order valence-corrected chi connectivity index (χ0v) is 9.70. The molecule has 5 heteroatoms. The molecule has 86 valence electrons. The van der Waals surface area contributed by atoms with E-state index in [9.17, 15) is 9.90 Å². The van der Waals surface area contributed by atoms with Crippen LogP contribution in [0.3, 0.4) is 0 Å². The van der Waals surface area contributed by atoms with Gasteiger partial charge in [-0.25, -0.2) is 0 Å². The van der Waals surface area contributed by atoms with E-state index in [1.165, 1.54) is 0 Å². The molecule has 0 aliphatic heterocycles. The Balaban J connectivity index is 0. The molecule has 0 aromatic carbocycles. The van der Waals surface area contributed by atoms with Crippen LogP contribution < -0.4 is 5.11 Å². The van der Waals surface area contributed by atoms with Crippen LogP contribution in [-0.2, 0) is 9.47 Å². The predicted octanol–water partition coefficient (Wildman–Crippen LogP) is -0.295. The highest BCUT2D eigenvalue weighted by Gasteiger charge is 1.88. The zero-order chi connectivity index (χ0) is 11.6. The SMILES string of the molecule is CCOCCOC(=O)[O-].C[N+](C)(C)C. The third-order valence-corrected chi connectivity index (χ3v) is 0.652. The van der Waals surface area contributed by atoms with Gasteiger partial charge in [-0.05, 0) is 6.92 Å². The number of carboxylic acid groups (broad SMARTS) is 1. The Kier molecular flexibility index (Phi) is 9.81. The van der Waals surface area contributed by atoms with Gasteiger partial charge in [-0.15, -0.1) is 0 Å². The maximum Gasteiger partial charge on any atom is 0.252 e. The molecule has 0 saturated heterocycles. The average Bonchev–Trinajstić information content (AvgIpc) is 1.94. The van der Waals surface area contributed by atoms with E-state index in [0.717, 1.165) is 4.48 Å². The van der Waals surface area contributed by atoms with Gasteiger partial charge in [0.15, 0.2) is 0 Å². The van der Waals surface area contributed by atoms with Crippen LogP contribution in [0.1, 0.15) is 6.92 Å². The van der Waals surface area contributed by atoms with E-state index in [-0.39, 0.29) is 6.61 Å². The summed E-state index contributed by atoms with van der Waals surface area (Å²) in [7, 11) is 8.50. The van der Waals surface area contributed by atoms with Crippen molar-refractivity contribution in [3.8, 4) is 0 Å². The molecule has 0 rings (SSSR count). The molecular weight excluding hydrogens is 186 g/mol. The summed E-state index contributed by atoms with van der Waals surface area (Å²) in [4.78, 5) is 9.57. The molecule has 0 atom stereocenters. The fourth-order valence-corrected chi connectivity index (χ4v) is 0.328. The summed E-state index contributed by atoms with van der Waals surface area (Å²) >= 11 is 0. The van der Waals surface area contributed by atoms with Crippen molar-refractivity contribution in [1.29, 1.82) is 0 Å². The second-order valence-electron chi connectivity index (χ2n) is 3.98. The van der Waals surface area contributed by atoms with Crippen molar-refractivity contribution >= 4 is 6.16 Å². The molecular formula is C9H21NO4. The van der Waals surface area contributed by atoms with Gasteiger partial charge in [-0.3, -0.25) is 0 Å². The second-order valence-corrected chi connectivity index (χ2v) is 3.98. The molecule has 0 amide bonds. The van der Waals surface area contributed by atoms with E-state index < -0.39 is 6.16 Å². The summed E-state index contributed by atoms with van der Waals surface area (Å²) in [6.07, 6.45) is -1.50. The van der Waals surface area contributed by atoms with Crippen LogP contribution in [0.25, 0.3) is 0 Å². The number of hydrogen-bond acceptors (Lipinski definition) is 4. The number of quaternary nitrogens is 1. The lowest BCUT2D eigenvalue weighted by Gasteiger charge is -2.14. The molecule has 0 spiro atoms. The topological polar surface area (TPSA) is 58.6 Å². The number of carbonyl (C=O) groups is 1. The maximum atomic E-state index is 9.57. The van der Waals surface area contributed by atoms with Gasteiger partial charge in [0, 0.05) is 6.61 Å². The van der Waals surface area contributed by atoms with E-state index >= 15 is 0 Å². The lowest BCUT2D eigenvalue weighted by atomic mass is 10.7. The minimum atomic E-state index is -1.50. The highest BCUT2D eigenvalue weighted by molar-refractivity contribution is 5.53. The van der Waals surface area contributed by atoms with Gasteiger partial charge in [-0.1, -0.05) is 0 Å². The molecule has 0 heterocycles. The number of rotatable bonds is 4. The van der Waals surface area contributed by atoms with Crippen molar-refractivity contribution in [2.24, 2.45) is 0 Å². The van der Waals surface area contributed by atoms with Crippen LogP contribution in [-0.4, -0.2) is 58.6 Å². The first-order valence-electron chi connectivity index (χ1n) is 4.47. The van der Waals surface area contributed by atoms with E-state index in [4.69, 9.17) is 4.74 Å². The first-order valence-corrected chi connectivity index (χ1v) is 4.47. The Morgan fingerprint density at radius 3 is 1.93 bits per heavy atom. The van der Waals surface area contributed by atoms with Gasteiger partial charge in [-0.2, -0.15) is 0 Å². The van der Waals surface area contributed by atoms with Crippen molar-refractivity contribution in [2.45, 2.75) is 6.92 Å². The number of ether oxygens (including phenoxy) is 2. The molecule has 14 heavy (non-hydrogen) atoms. The Bertz CT molecular complexity index is 136. The predicted molar refractivity (Wildman–Crippen MR) is 51.8 cm³/mol. The number of nitrogens with zero attached hydrogens (tertiary/aromatic N) is 1. The minimum absolute atomic E-state index is 0.0518. The van der Waals surface area contributed by atoms with Crippen molar-refractivity contribution in [3.05, 3.63) is 0 Å². The van der Waals surface area contributed by atoms with Gasteiger partial charge in [0.05, 0.1) is 41.4 Å². The summed E-state index contributed by atoms with van der Waals surface area (Å²) in [6.45, 7) is 2.73. The van der Waals surface area contributed by atoms with Crippen LogP contribution in [0.5, 0.6) is 0 Å². The Labute approximate surface area is 85.8 Å². The Morgan fingerprint density at radius 2 is 1.64 bits per heavy atom. The standard InChI is InChI=1S/C5H10O4.C4H12N/c1-2-8-3-4-9-5(6)7;1-5(2,3)4/h2-4H2,1H3,(H,6,7);1-4H3/q;+1/p-1. The molecule has 0 aliphatic rings. The monoisotopic (exact) mass is 207 g/mol. The molecule has 0 aliphatic carbocycles. The highest BCUT2D eigenvalue weighted by Crippen LogP contribution is 1.75. The van der Waals surface area contributed by atoms with Crippen LogP contribution in [0, 0.1) is 0 Å². The van der Waals surface area contributed by atoms with Gasteiger partial charge in [0.25, 0.3) is 6.16 Å². The normalized spacial score (nSPS) is 10.1. The molecule has 0 bridgehead atoms. The van der Waals surface area contributed by atoms with Crippen molar-refractivity contribution < 1.29 is 23.9 Å². The summed E-state index contributed by atoms with van der Waals surface area (Å²) in [5.41, 5.74) is 0. The smallest absolute Gasteiger partial charge is 0.252 e. The molecule has 0 saturated carbocycles.